The van der Waals surface area contributed by atoms with E-state index in [9.17, 15) is 0 Å². The van der Waals surface area contributed by atoms with Gasteiger partial charge in [-0.3, -0.25) is 0 Å². The van der Waals surface area contributed by atoms with Crippen molar-refractivity contribution < 1.29 is 0 Å². The number of nitrogens with zero attached hydrogens (tertiary/aromatic N) is 2. The highest BCUT2D eigenvalue weighted by Gasteiger charge is 2.33. The van der Waals surface area contributed by atoms with Crippen molar-refractivity contribution >= 4 is 5.82 Å². The molecule has 0 radical (unpaired) electrons. The van der Waals surface area contributed by atoms with Gasteiger partial charge in [-0.1, -0.05) is 12.8 Å². The van der Waals surface area contributed by atoms with Gasteiger partial charge in [-0.25, -0.2) is 4.98 Å². The Kier molecular flexibility index (Phi) is 2.64. The van der Waals surface area contributed by atoms with Gasteiger partial charge in [0, 0.05) is 17.9 Å². The van der Waals surface area contributed by atoms with E-state index in [0.717, 1.165) is 5.82 Å². The van der Waals surface area contributed by atoms with E-state index in [1.807, 2.05) is 0 Å². The van der Waals surface area contributed by atoms with Crippen molar-refractivity contribution in [3.8, 4) is 0 Å². The summed E-state index contributed by atoms with van der Waals surface area (Å²) in [5.74, 6) is 3.55. The number of imidazole rings is 1. The Labute approximate surface area is 103 Å². The Bertz CT molecular complexity index is 409. The molecule has 1 heterocycles. The van der Waals surface area contributed by atoms with E-state index in [1.165, 1.54) is 50.0 Å². The van der Waals surface area contributed by atoms with Crippen molar-refractivity contribution in [2.24, 2.45) is 0 Å². The molecule has 2 saturated carbocycles. The number of nitrogen functional groups attached to an aromatic ring is 1. The van der Waals surface area contributed by atoms with Gasteiger partial charge in [0.25, 0.3) is 0 Å². The number of anilines is 1. The van der Waals surface area contributed by atoms with Gasteiger partial charge < -0.3 is 10.3 Å². The van der Waals surface area contributed by atoms with Crippen molar-refractivity contribution in [1.29, 1.82) is 0 Å². The minimum Gasteiger partial charge on any atom is -0.384 e. The van der Waals surface area contributed by atoms with E-state index in [2.05, 4.69) is 18.4 Å². The molecule has 3 nitrogen and oxygen atoms in total. The van der Waals surface area contributed by atoms with Crippen LogP contribution in [0.1, 0.15) is 81.8 Å². The zero-order valence-corrected chi connectivity index (χ0v) is 10.9. The first-order chi connectivity index (χ1) is 8.18. The molecule has 0 unspecified atom stereocenters. The molecule has 1 aromatic rings. The summed E-state index contributed by atoms with van der Waals surface area (Å²) in [5, 5.41) is 0. The first kappa shape index (κ1) is 11.1. The second-order valence-corrected chi connectivity index (χ2v) is 5.96. The molecule has 0 bridgehead atoms. The summed E-state index contributed by atoms with van der Waals surface area (Å²) in [4.78, 5) is 4.91. The van der Waals surface area contributed by atoms with Crippen molar-refractivity contribution in [3.63, 3.8) is 0 Å². The van der Waals surface area contributed by atoms with Gasteiger partial charge >= 0.3 is 0 Å². The van der Waals surface area contributed by atoms with Gasteiger partial charge in [0.05, 0.1) is 5.69 Å². The van der Waals surface area contributed by atoms with Crippen LogP contribution in [0.25, 0.3) is 0 Å². The summed E-state index contributed by atoms with van der Waals surface area (Å²) in [5.41, 5.74) is 7.51. The van der Waals surface area contributed by atoms with Gasteiger partial charge in [0.15, 0.2) is 0 Å². The summed E-state index contributed by atoms with van der Waals surface area (Å²) < 4.78 is 2.30. The first-order valence-corrected chi connectivity index (χ1v) is 7.06. The number of hydrogen-bond donors (Lipinski definition) is 1. The van der Waals surface area contributed by atoms with Gasteiger partial charge in [0.1, 0.15) is 11.6 Å². The van der Waals surface area contributed by atoms with E-state index >= 15 is 0 Å². The molecule has 2 N–H and O–H groups in total. The number of aromatic nitrogens is 2. The molecule has 0 amide bonds. The molecule has 0 atom stereocenters. The Morgan fingerprint density at radius 2 is 1.76 bits per heavy atom. The maximum Gasteiger partial charge on any atom is 0.127 e. The van der Waals surface area contributed by atoms with Crippen molar-refractivity contribution in [2.45, 2.75) is 70.3 Å². The van der Waals surface area contributed by atoms with Crippen molar-refractivity contribution in [2.75, 3.05) is 5.73 Å². The first-order valence-electron chi connectivity index (χ1n) is 7.06. The van der Waals surface area contributed by atoms with Crippen LogP contribution in [-0.4, -0.2) is 9.55 Å². The Morgan fingerprint density at radius 1 is 1.12 bits per heavy atom. The second-order valence-electron chi connectivity index (χ2n) is 5.96. The average Bonchev–Trinajstić information content (AvgIpc) is 2.86. The standard InChI is InChI=1S/C14H23N3/c1-9(2)17-13(15)12(10-7-8-10)16-14(17)11-5-3-4-6-11/h9-11H,3-8,15H2,1-2H3. The van der Waals surface area contributed by atoms with Gasteiger partial charge in [-0.2, -0.15) is 0 Å². The third-order valence-electron chi connectivity index (χ3n) is 4.20. The average molecular weight is 233 g/mol. The maximum atomic E-state index is 6.31. The molecule has 2 fully saturated rings. The molecule has 0 spiro atoms. The van der Waals surface area contributed by atoms with Crippen LogP contribution in [0.2, 0.25) is 0 Å². The van der Waals surface area contributed by atoms with Crippen LogP contribution in [-0.2, 0) is 0 Å². The summed E-state index contributed by atoms with van der Waals surface area (Å²) >= 11 is 0. The Morgan fingerprint density at radius 3 is 2.29 bits per heavy atom. The maximum absolute atomic E-state index is 6.31. The highest BCUT2D eigenvalue weighted by Crippen LogP contribution is 2.45. The molecule has 0 saturated heterocycles. The lowest BCUT2D eigenvalue weighted by Crippen LogP contribution is -2.11. The smallest absolute Gasteiger partial charge is 0.127 e. The quantitative estimate of drug-likeness (QED) is 0.867. The molecular weight excluding hydrogens is 210 g/mol. The summed E-state index contributed by atoms with van der Waals surface area (Å²) in [6.07, 6.45) is 7.87. The SMILES string of the molecule is CC(C)n1c(C2CCCC2)nc(C2CC2)c1N. The fourth-order valence-corrected chi connectivity index (χ4v) is 3.15. The number of nitrogens with two attached hydrogens (primary N) is 1. The van der Waals surface area contributed by atoms with Crippen LogP contribution in [0.5, 0.6) is 0 Å². The largest absolute Gasteiger partial charge is 0.384 e. The van der Waals surface area contributed by atoms with Crippen LogP contribution >= 0.6 is 0 Å². The van der Waals surface area contributed by atoms with Gasteiger partial charge in [-0.15, -0.1) is 0 Å². The molecule has 3 heteroatoms. The van der Waals surface area contributed by atoms with E-state index in [4.69, 9.17) is 10.7 Å². The van der Waals surface area contributed by atoms with E-state index in [1.54, 1.807) is 0 Å². The van der Waals surface area contributed by atoms with Gasteiger partial charge in [0.2, 0.25) is 0 Å². The monoisotopic (exact) mass is 233 g/mol. The third-order valence-corrected chi connectivity index (χ3v) is 4.20. The lowest BCUT2D eigenvalue weighted by atomic mass is 10.1. The van der Waals surface area contributed by atoms with Crippen LogP contribution < -0.4 is 5.73 Å². The molecule has 0 aliphatic heterocycles. The topological polar surface area (TPSA) is 43.8 Å². The molecule has 2 aliphatic rings. The lowest BCUT2D eigenvalue weighted by molar-refractivity contribution is 0.534. The minimum absolute atomic E-state index is 0.436. The zero-order chi connectivity index (χ0) is 12.0. The van der Waals surface area contributed by atoms with Crippen molar-refractivity contribution in [3.05, 3.63) is 11.5 Å². The number of hydrogen-bond acceptors (Lipinski definition) is 2. The molecule has 3 rings (SSSR count). The summed E-state index contributed by atoms with van der Waals surface area (Å²) in [6, 6.07) is 0.436. The highest BCUT2D eigenvalue weighted by molar-refractivity contribution is 5.43. The van der Waals surface area contributed by atoms with Crippen LogP contribution in [0, 0.1) is 0 Å². The van der Waals surface area contributed by atoms with Crippen LogP contribution in [0.4, 0.5) is 5.82 Å². The van der Waals surface area contributed by atoms with Crippen LogP contribution in [0.3, 0.4) is 0 Å². The second kappa shape index (κ2) is 4.04. The highest BCUT2D eigenvalue weighted by atomic mass is 15.2. The molecular formula is C14H23N3. The summed E-state index contributed by atoms with van der Waals surface area (Å²) in [6.45, 7) is 4.43. The summed E-state index contributed by atoms with van der Waals surface area (Å²) in [7, 11) is 0. The molecule has 0 aromatic carbocycles. The molecule has 94 valence electrons. The van der Waals surface area contributed by atoms with E-state index in [-0.39, 0.29) is 0 Å². The Balaban J connectivity index is 2.02. The molecule has 2 aliphatic carbocycles. The van der Waals surface area contributed by atoms with E-state index in [0.29, 0.717) is 17.9 Å². The normalized spacial score (nSPS) is 21.6. The van der Waals surface area contributed by atoms with Crippen molar-refractivity contribution in [1.82, 2.24) is 9.55 Å². The van der Waals surface area contributed by atoms with E-state index < -0.39 is 0 Å². The minimum atomic E-state index is 0.436. The predicted octanol–water partition coefficient (Wildman–Crippen LogP) is 3.58. The Hall–Kier alpha value is -0.990. The fourth-order valence-electron chi connectivity index (χ4n) is 3.15. The molecule has 1 aromatic heterocycles. The fraction of sp³-hybridized carbons (Fsp3) is 0.786. The third kappa shape index (κ3) is 1.85. The van der Waals surface area contributed by atoms with Gasteiger partial charge in [-0.05, 0) is 39.5 Å². The number of rotatable bonds is 3. The zero-order valence-electron chi connectivity index (χ0n) is 10.9. The lowest BCUT2D eigenvalue weighted by Gasteiger charge is -2.17. The van der Waals surface area contributed by atoms with Crippen LogP contribution in [0.15, 0.2) is 0 Å². The molecule has 17 heavy (non-hydrogen) atoms. The predicted molar refractivity (Wildman–Crippen MR) is 70.2 cm³/mol.